The first kappa shape index (κ1) is 17.2. The van der Waals surface area contributed by atoms with Crippen molar-refractivity contribution in [3.63, 3.8) is 0 Å². The first-order valence-electron chi connectivity index (χ1n) is 7.87. The molecule has 2 aromatic carbocycles. The average Bonchev–Trinajstić information content (AvgIpc) is 2.63. The summed E-state index contributed by atoms with van der Waals surface area (Å²) in [5.41, 5.74) is 3.20. The van der Waals surface area contributed by atoms with Gasteiger partial charge in [0.05, 0.1) is 7.11 Å². The lowest BCUT2D eigenvalue weighted by Gasteiger charge is -2.11. The number of hydrogen-bond donors (Lipinski definition) is 2. The molecule has 3 aromatic rings. The second-order valence-electron chi connectivity index (χ2n) is 5.52. The molecule has 0 saturated carbocycles. The zero-order valence-corrected chi connectivity index (χ0v) is 15.7. The van der Waals surface area contributed by atoms with Crippen molar-refractivity contribution in [3.05, 3.63) is 70.3 Å². The van der Waals surface area contributed by atoms with Crippen molar-refractivity contribution in [2.24, 2.45) is 0 Å². The lowest BCUT2D eigenvalue weighted by atomic mass is 10.2. The Morgan fingerprint density at radius 3 is 2.76 bits per heavy atom. The molecule has 6 heteroatoms. The van der Waals surface area contributed by atoms with Crippen LogP contribution in [0.2, 0.25) is 0 Å². The number of aromatic nitrogens is 2. The van der Waals surface area contributed by atoms with E-state index < -0.39 is 0 Å². The fourth-order valence-electron chi connectivity index (χ4n) is 2.36. The summed E-state index contributed by atoms with van der Waals surface area (Å²) in [6.45, 7) is 2.64. The first-order chi connectivity index (χ1) is 12.2. The van der Waals surface area contributed by atoms with E-state index in [-0.39, 0.29) is 0 Å². The van der Waals surface area contributed by atoms with E-state index in [0.29, 0.717) is 12.5 Å². The van der Waals surface area contributed by atoms with Crippen LogP contribution in [-0.2, 0) is 6.54 Å². The van der Waals surface area contributed by atoms with Crippen molar-refractivity contribution < 1.29 is 4.74 Å². The summed E-state index contributed by atoms with van der Waals surface area (Å²) in [6.07, 6.45) is 1.73. The molecule has 3 rings (SSSR count). The number of para-hydroxylation sites is 1. The summed E-state index contributed by atoms with van der Waals surface area (Å²) in [6, 6.07) is 15.8. The highest BCUT2D eigenvalue weighted by Crippen LogP contribution is 2.23. The van der Waals surface area contributed by atoms with Gasteiger partial charge in [-0.15, -0.1) is 0 Å². The number of methoxy groups -OCH3 is 1. The van der Waals surface area contributed by atoms with Gasteiger partial charge in [-0.05, 0) is 36.8 Å². The minimum Gasteiger partial charge on any atom is -0.496 e. The molecule has 0 aliphatic carbocycles. The summed E-state index contributed by atoms with van der Waals surface area (Å²) in [7, 11) is 1.67. The molecule has 1 heterocycles. The second kappa shape index (κ2) is 7.98. The molecule has 1 aromatic heterocycles. The lowest BCUT2D eigenvalue weighted by Crippen LogP contribution is -2.06. The van der Waals surface area contributed by atoms with Gasteiger partial charge in [-0.2, -0.15) is 4.98 Å². The number of nitrogens with one attached hydrogen (secondary N) is 2. The minimum atomic E-state index is 0.557. The Kier molecular flexibility index (Phi) is 5.50. The zero-order chi connectivity index (χ0) is 17.6. The molecule has 0 atom stereocenters. The Bertz CT molecular complexity index is 870. The smallest absolute Gasteiger partial charge is 0.224 e. The first-order valence-corrected chi connectivity index (χ1v) is 8.67. The number of rotatable bonds is 6. The third-order valence-corrected chi connectivity index (χ3v) is 4.58. The highest BCUT2D eigenvalue weighted by Gasteiger charge is 2.04. The molecule has 128 valence electrons. The maximum Gasteiger partial charge on any atom is 0.224 e. The van der Waals surface area contributed by atoms with Crippen molar-refractivity contribution in [1.29, 1.82) is 0 Å². The monoisotopic (exact) mass is 398 g/mol. The second-order valence-corrected chi connectivity index (χ2v) is 6.37. The van der Waals surface area contributed by atoms with E-state index in [0.717, 1.165) is 27.3 Å². The predicted molar refractivity (Wildman–Crippen MR) is 105 cm³/mol. The van der Waals surface area contributed by atoms with Gasteiger partial charge < -0.3 is 15.4 Å². The number of ether oxygens (including phenoxy) is 1. The largest absolute Gasteiger partial charge is 0.496 e. The van der Waals surface area contributed by atoms with Crippen LogP contribution in [0.5, 0.6) is 5.75 Å². The topological polar surface area (TPSA) is 59.1 Å². The zero-order valence-electron chi connectivity index (χ0n) is 14.1. The Labute approximate surface area is 155 Å². The predicted octanol–water partition coefficient (Wildman–Crippen LogP) is 4.91. The molecular weight excluding hydrogens is 380 g/mol. The fourth-order valence-corrected chi connectivity index (χ4v) is 2.73. The van der Waals surface area contributed by atoms with E-state index in [9.17, 15) is 0 Å². The highest BCUT2D eigenvalue weighted by atomic mass is 79.9. The fraction of sp³-hybridized carbons (Fsp3) is 0.158. The SMILES string of the molecule is COc1ccccc1CNc1nccc(Nc2ccc(C)c(Br)c2)n1. The summed E-state index contributed by atoms with van der Waals surface area (Å²) < 4.78 is 6.42. The Hall–Kier alpha value is -2.60. The van der Waals surface area contributed by atoms with E-state index in [1.807, 2.05) is 42.5 Å². The maximum atomic E-state index is 5.36. The minimum absolute atomic E-state index is 0.557. The number of benzene rings is 2. The average molecular weight is 399 g/mol. The summed E-state index contributed by atoms with van der Waals surface area (Å²) in [4.78, 5) is 8.77. The van der Waals surface area contributed by atoms with Gasteiger partial charge in [-0.3, -0.25) is 0 Å². The van der Waals surface area contributed by atoms with Crippen molar-refractivity contribution in [2.45, 2.75) is 13.5 Å². The van der Waals surface area contributed by atoms with Crippen molar-refractivity contribution >= 4 is 33.4 Å². The third kappa shape index (κ3) is 4.48. The molecule has 0 spiro atoms. The number of aryl methyl sites for hydroxylation is 1. The van der Waals surface area contributed by atoms with Gasteiger partial charge in [-0.1, -0.05) is 40.2 Å². The molecular formula is C19H19BrN4O. The van der Waals surface area contributed by atoms with Crippen LogP contribution in [0.3, 0.4) is 0 Å². The number of halogens is 1. The van der Waals surface area contributed by atoms with Gasteiger partial charge >= 0.3 is 0 Å². The molecule has 0 aliphatic heterocycles. The molecule has 2 N–H and O–H groups in total. The van der Waals surface area contributed by atoms with E-state index in [2.05, 4.69) is 49.5 Å². The van der Waals surface area contributed by atoms with E-state index in [1.165, 1.54) is 5.56 Å². The van der Waals surface area contributed by atoms with Crippen LogP contribution in [0.15, 0.2) is 59.2 Å². The number of hydrogen-bond acceptors (Lipinski definition) is 5. The van der Waals surface area contributed by atoms with Gasteiger partial charge in [0.25, 0.3) is 0 Å². The van der Waals surface area contributed by atoms with Crippen molar-refractivity contribution in [2.75, 3.05) is 17.7 Å². The van der Waals surface area contributed by atoms with Gasteiger partial charge in [0.1, 0.15) is 11.6 Å². The third-order valence-electron chi connectivity index (χ3n) is 3.73. The van der Waals surface area contributed by atoms with E-state index >= 15 is 0 Å². The molecule has 0 amide bonds. The van der Waals surface area contributed by atoms with Crippen molar-refractivity contribution in [1.82, 2.24) is 9.97 Å². The molecule has 0 aliphatic rings. The molecule has 0 bridgehead atoms. The normalized spacial score (nSPS) is 10.4. The van der Waals surface area contributed by atoms with Crippen LogP contribution in [0, 0.1) is 6.92 Å². The molecule has 5 nitrogen and oxygen atoms in total. The number of nitrogens with zero attached hydrogens (tertiary/aromatic N) is 2. The van der Waals surface area contributed by atoms with E-state index in [4.69, 9.17) is 4.74 Å². The molecule has 0 fully saturated rings. The summed E-state index contributed by atoms with van der Waals surface area (Å²) in [5.74, 6) is 2.13. The quantitative estimate of drug-likeness (QED) is 0.617. The standard InChI is InChI=1S/C19H19BrN4O/c1-13-7-8-15(11-16(13)20)23-18-9-10-21-19(24-18)22-12-14-5-3-4-6-17(14)25-2/h3-11H,12H2,1-2H3,(H2,21,22,23,24). The van der Waals surface area contributed by atoms with Crippen LogP contribution in [-0.4, -0.2) is 17.1 Å². The molecule has 25 heavy (non-hydrogen) atoms. The maximum absolute atomic E-state index is 5.36. The Morgan fingerprint density at radius 2 is 1.96 bits per heavy atom. The van der Waals surface area contributed by atoms with Gasteiger partial charge in [0.2, 0.25) is 5.95 Å². The van der Waals surface area contributed by atoms with Gasteiger partial charge in [0.15, 0.2) is 0 Å². The number of anilines is 3. The van der Waals surface area contributed by atoms with Crippen LogP contribution in [0.1, 0.15) is 11.1 Å². The van der Waals surface area contributed by atoms with Gasteiger partial charge in [-0.25, -0.2) is 4.98 Å². The highest BCUT2D eigenvalue weighted by molar-refractivity contribution is 9.10. The Balaban J connectivity index is 1.70. The van der Waals surface area contributed by atoms with E-state index in [1.54, 1.807) is 13.3 Å². The van der Waals surface area contributed by atoms with Crippen LogP contribution in [0.25, 0.3) is 0 Å². The van der Waals surface area contributed by atoms with Crippen LogP contribution < -0.4 is 15.4 Å². The van der Waals surface area contributed by atoms with Gasteiger partial charge in [0, 0.05) is 28.5 Å². The summed E-state index contributed by atoms with van der Waals surface area (Å²) >= 11 is 3.54. The van der Waals surface area contributed by atoms with Crippen LogP contribution in [0.4, 0.5) is 17.5 Å². The Morgan fingerprint density at radius 1 is 1.12 bits per heavy atom. The molecule has 0 unspecified atom stereocenters. The lowest BCUT2D eigenvalue weighted by molar-refractivity contribution is 0.410. The van der Waals surface area contributed by atoms with Crippen molar-refractivity contribution in [3.8, 4) is 5.75 Å². The summed E-state index contributed by atoms with van der Waals surface area (Å²) in [5, 5.41) is 6.52. The van der Waals surface area contributed by atoms with Crippen LogP contribution >= 0.6 is 15.9 Å². The molecule has 0 radical (unpaired) electrons. The molecule has 0 saturated heterocycles.